The van der Waals surface area contributed by atoms with Crippen LogP contribution in [0.4, 0.5) is 0 Å². The van der Waals surface area contributed by atoms with Gasteiger partial charge in [-0.25, -0.2) is 4.79 Å². The van der Waals surface area contributed by atoms with E-state index in [1.165, 1.54) is 22.9 Å². The van der Waals surface area contributed by atoms with E-state index in [4.69, 9.17) is 10.1 Å². The highest BCUT2D eigenvalue weighted by Crippen LogP contribution is 2.24. The van der Waals surface area contributed by atoms with Gasteiger partial charge in [0.1, 0.15) is 17.0 Å². The fraction of sp³-hybridized carbons (Fsp3) is 0.500. The van der Waals surface area contributed by atoms with Crippen LogP contribution in [-0.4, -0.2) is 46.7 Å². The lowest BCUT2D eigenvalue weighted by atomic mass is 10.1. The number of hydrogen-bond acceptors (Lipinski definition) is 6. The van der Waals surface area contributed by atoms with Crippen molar-refractivity contribution in [2.24, 2.45) is 0 Å². The molecule has 1 saturated heterocycles. The van der Waals surface area contributed by atoms with Crippen LogP contribution in [0.3, 0.4) is 0 Å². The number of aromatic hydroxyl groups is 1. The molecule has 0 saturated carbocycles. The number of nitrogens with zero attached hydrogens (tertiary/aromatic N) is 2. The van der Waals surface area contributed by atoms with Crippen molar-refractivity contribution in [1.29, 1.82) is 5.41 Å². The number of nitrogens with one attached hydrogen (secondary N) is 2. The zero-order valence-corrected chi connectivity index (χ0v) is 13.6. The van der Waals surface area contributed by atoms with Crippen LogP contribution in [0.15, 0.2) is 30.7 Å². The third-order valence-electron chi connectivity index (χ3n) is 4.16. The molecule has 126 valence electrons. The molecule has 1 fully saturated rings. The summed E-state index contributed by atoms with van der Waals surface area (Å²) in [4.78, 5) is 14.8. The van der Waals surface area contributed by atoms with Gasteiger partial charge in [0.15, 0.2) is 5.66 Å². The Labute approximate surface area is 135 Å². The van der Waals surface area contributed by atoms with Crippen LogP contribution in [0.1, 0.15) is 20.3 Å². The number of hydrogen-bond donors (Lipinski definition) is 3. The summed E-state index contributed by atoms with van der Waals surface area (Å²) in [7, 11) is 0. The largest absolute Gasteiger partial charge is 0.508 e. The van der Waals surface area contributed by atoms with Crippen LogP contribution < -0.4 is 10.8 Å². The number of esters is 1. The van der Waals surface area contributed by atoms with Gasteiger partial charge in [-0.05, 0) is 13.0 Å². The van der Waals surface area contributed by atoms with E-state index in [-0.39, 0.29) is 11.2 Å². The van der Waals surface area contributed by atoms with E-state index in [9.17, 15) is 9.90 Å². The summed E-state index contributed by atoms with van der Waals surface area (Å²) in [6, 6.07) is 2.77. The molecule has 1 aliphatic rings. The maximum Gasteiger partial charge on any atom is 0.352 e. The van der Waals surface area contributed by atoms with Crippen molar-refractivity contribution in [1.82, 2.24) is 14.8 Å². The van der Waals surface area contributed by atoms with Gasteiger partial charge in [-0.15, -0.1) is 0 Å². The second-order valence-corrected chi connectivity index (χ2v) is 5.68. The SMILES string of the molecule is C=C(CC)OC(=O)C(C)(N1CCNCC1)n1ccc(O)cc1=N. The van der Waals surface area contributed by atoms with Gasteiger partial charge in [0.2, 0.25) is 0 Å². The molecule has 1 aromatic rings. The lowest BCUT2D eigenvalue weighted by Gasteiger charge is -2.42. The maximum absolute atomic E-state index is 12.9. The Kier molecular flexibility index (Phi) is 5.23. The molecular weight excluding hydrogens is 296 g/mol. The first-order valence-electron chi connectivity index (χ1n) is 7.72. The predicted molar refractivity (Wildman–Crippen MR) is 85.6 cm³/mol. The van der Waals surface area contributed by atoms with Gasteiger partial charge in [0.25, 0.3) is 0 Å². The average Bonchev–Trinajstić information content (AvgIpc) is 2.54. The van der Waals surface area contributed by atoms with Crippen LogP contribution in [0.2, 0.25) is 0 Å². The Morgan fingerprint density at radius 2 is 2.17 bits per heavy atom. The smallest absolute Gasteiger partial charge is 0.352 e. The molecule has 0 amide bonds. The second-order valence-electron chi connectivity index (χ2n) is 5.68. The van der Waals surface area contributed by atoms with E-state index < -0.39 is 11.6 Å². The topological polar surface area (TPSA) is 90.6 Å². The molecular formula is C16H24N4O3. The maximum atomic E-state index is 12.9. The van der Waals surface area contributed by atoms with Crippen molar-refractivity contribution in [2.45, 2.75) is 25.9 Å². The molecule has 0 aliphatic carbocycles. The van der Waals surface area contributed by atoms with Gasteiger partial charge in [0.05, 0.1) is 0 Å². The zero-order valence-electron chi connectivity index (χ0n) is 13.6. The molecule has 1 aliphatic heterocycles. The van der Waals surface area contributed by atoms with E-state index in [1.807, 2.05) is 11.8 Å². The number of carbonyl (C=O) groups is 1. The van der Waals surface area contributed by atoms with Gasteiger partial charge in [0, 0.05) is 44.9 Å². The Hall–Kier alpha value is -2.12. The number of pyridine rings is 1. The van der Waals surface area contributed by atoms with Crippen LogP contribution in [0.25, 0.3) is 0 Å². The Balaban J connectivity index is 2.47. The van der Waals surface area contributed by atoms with E-state index in [1.54, 1.807) is 6.92 Å². The molecule has 2 rings (SSSR count). The van der Waals surface area contributed by atoms with E-state index in [2.05, 4.69) is 11.9 Å². The number of carbonyl (C=O) groups excluding carboxylic acids is 1. The lowest BCUT2D eigenvalue weighted by molar-refractivity contribution is -0.162. The first-order valence-corrected chi connectivity index (χ1v) is 7.72. The number of aromatic nitrogens is 1. The first-order chi connectivity index (χ1) is 10.9. The normalized spacial score (nSPS) is 18.2. The van der Waals surface area contributed by atoms with Crippen molar-refractivity contribution >= 4 is 5.97 Å². The van der Waals surface area contributed by atoms with Crippen LogP contribution in [0.5, 0.6) is 5.75 Å². The van der Waals surface area contributed by atoms with Gasteiger partial charge in [-0.3, -0.25) is 10.3 Å². The fourth-order valence-electron chi connectivity index (χ4n) is 2.65. The molecule has 23 heavy (non-hydrogen) atoms. The molecule has 7 nitrogen and oxygen atoms in total. The summed E-state index contributed by atoms with van der Waals surface area (Å²) in [5.41, 5.74) is -1.14. The average molecular weight is 320 g/mol. The summed E-state index contributed by atoms with van der Waals surface area (Å²) in [6.07, 6.45) is 2.08. The van der Waals surface area contributed by atoms with E-state index in [0.29, 0.717) is 25.3 Å². The van der Waals surface area contributed by atoms with E-state index in [0.717, 1.165) is 13.1 Å². The molecule has 7 heteroatoms. The van der Waals surface area contributed by atoms with Crippen LogP contribution >= 0.6 is 0 Å². The van der Waals surface area contributed by atoms with Crippen molar-refractivity contribution in [2.75, 3.05) is 26.2 Å². The summed E-state index contributed by atoms with van der Waals surface area (Å²) in [5.74, 6) is -0.0991. The molecule has 1 atom stereocenters. The van der Waals surface area contributed by atoms with E-state index >= 15 is 0 Å². The summed E-state index contributed by atoms with van der Waals surface area (Å²) < 4.78 is 6.91. The highest BCUT2D eigenvalue weighted by atomic mass is 16.5. The van der Waals surface area contributed by atoms with Crippen molar-refractivity contribution in [3.63, 3.8) is 0 Å². The highest BCUT2D eigenvalue weighted by Gasteiger charge is 2.43. The molecule has 0 radical (unpaired) electrons. The molecule has 0 aromatic carbocycles. The minimum absolute atomic E-state index is 0.0137. The molecule has 0 spiro atoms. The van der Waals surface area contributed by atoms with Crippen LogP contribution in [-0.2, 0) is 15.2 Å². The molecule has 3 N–H and O–H groups in total. The monoisotopic (exact) mass is 320 g/mol. The Bertz CT molecular complexity index is 649. The summed E-state index contributed by atoms with van der Waals surface area (Å²) >= 11 is 0. The van der Waals surface area contributed by atoms with Gasteiger partial charge in [-0.1, -0.05) is 13.5 Å². The minimum Gasteiger partial charge on any atom is -0.508 e. The fourth-order valence-corrected chi connectivity index (χ4v) is 2.65. The van der Waals surface area contributed by atoms with Crippen LogP contribution in [0, 0.1) is 5.41 Å². The summed E-state index contributed by atoms with van der Waals surface area (Å²) in [5, 5.41) is 20.9. The Morgan fingerprint density at radius 1 is 1.52 bits per heavy atom. The van der Waals surface area contributed by atoms with Crippen molar-refractivity contribution in [3.8, 4) is 5.75 Å². The predicted octanol–water partition coefficient (Wildman–Crippen LogP) is 0.718. The quantitative estimate of drug-likeness (QED) is 0.549. The summed E-state index contributed by atoms with van der Waals surface area (Å²) in [6.45, 7) is 10.1. The van der Waals surface area contributed by atoms with Gasteiger partial charge < -0.3 is 19.7 Å². The standard InChI is InChI=1S/C16H24N4O3/c1-4-12(2)23-15(22)16(3,19-9-6-18-7-10-19)20-8-5-13(21)11-14(20)17/h5,8,11,17-18,21H,2,4,6-7,9-10H2,1,3H3. The Morgan fingerprint density at radius 3 is 2.74 bits per heavy atom. The van der Waals surface area contributed by atoms with Crippen molar-refractivity contribution < 1.29 is 14.6 Å². The number of piperazine rings is 1. The first kappa shape index (κ1) is 17.2. The number of ether oxygens (including phenoxy) is 1. The van der Waals surface area contributed by atoms with Gasteiger partial charge >= 0.3 is 5.97 Å². The number of rotatable bonds is 5. The molecule has 1 unspecified atom stereocenters. The zero-order chi connectivity index (χ0) is 17.0. The molecule has 2 heterocycles. The second kappa shape index (κ2) is 6.97. The third-order valence-corrected chi connectivity index (χ3v) is 4.16. The van der Waals surface area contributed by atoms with Gasteiger partial charge in [-0.2, -0.15) is 0 Å². The minimum atomic E-state index is -1.18. The van der Waals surface area contributed by atoms with Crippen molar-refractivity contribution in [3.05, 3.63) is 36.2 Å². The third kappa shape index (κ3) is 3.46. The number of allylic oxidation sites excluding steroid dienone is 1. The lowest BCUT2D eigenvalue weighted by Crippen LogP contribution is -2.62. The molecule has 0 bridgehead atoms. The molecule has 1 aromatic heterocycles. The highest BCUT2D eigenvalue weighted by molar-refractivity contribution is 5.79.